The van der Waals surface area contributed by atoms with Gasteiger partial charge in [0, 0.05) is 15.0 Å². The normalized spacial score (nSPS) is 10.2. The highest BCUT2D eigenvalue weighted by molar-refractivity contribution is 14.1. The summed E-state index contributed by atoms with van der Waals surface area (Å²) in [5.41, 5.74) is 2.76. The molecule has 114 valence electrons. The largest absolute Gasteiger partial charge is 0.325 e. The maximum absolute atomic E-state index is 12.5. The third kappa shape index (κ3) is 4.07. The Kier molecular flexibility index (Phi) is 5.57. The van der Waals surface area contributed by atoms with E-state index in [1.165, 1.54) is 6.92 Å². The molecule has 0 bridgehead atoms. The first kappa shape index (κ1) is 17.0. The number of rotatable bonds is 3. The molecule has 0 radical (unpaired) electrons. The Morgan fingerprint density at radius 3 is 2.50 bits per heavy atom. The molecule has 2 aromatic carbocycles. The molecule has 2 rings (SSSR count). The zero-order chi connectivity index (χ0) is 16.3. The lowest BCUT2D eigenvalue weighted by atomic mass is 10.1. The minimum absolute atomic E-state index is 0.192. The van der Waals surface area contributed by atoms with Gasteiger partial charge in [0.15, 0.2) is 0 Å². The number of hydrogen-bond donors (Lipinski definition) is 2. The Morgan fingerprint density at radius 2 is 1.82 bits per heavy atom. The van der Waals surface area contributed by atoms with Gasteiger partial charge in [-0.15, -0.1) is 0 Å². The molecule has 0 heterocycles. The molecule has 2 amide bonds. The smallest absolute Gasteiger partial charge is 0.256 e. The maximum atomic E-state index is 12.5. The number of benzene rings is 2. The van der Waals surface area contributed by atoms with E-state index in [1.54, 1.807) is 24.3 Å². The van der Waals surface area contributed by atoms with E-state index in [1.807, 2.05) is 19.1 Å². The highest BCUT2D eigenvalue weighted by Gasteiger charge is 2.14. The van der Waals surface area contributed by atoms with E-state index in [-0.39, 0.29) is 11.8 Å². The van der Waals surface area contributed by atoms with Crippen molar-refractivity contribution in [2.75, 3.05) is 10.6 Å². The lowest BCUT2D eigenvalue weighted by molar-refractivity contribution is -0.114. The molecule has 0 saturated carbocycles. The van der Waals surface area contributed by atoms with Crippen molar-refractivity contribution in [2.45, 2.75) is 13.8 Å². The first-order valence-electron chi connectivity index (χ1n) is 6.52. The van der Waals surface area contributed by atoms with Crippen LogP contribution >= 0.6 is 38.5 Å². The number of carbonyl (C=O) groups excluding carboxylic acids is 2. The van der Waals surface area contributed by atoms with Crippen molar-refractivity contribution in [1.82, 2.24) is 0 Å². The average molecular weight is 473 g/mol. The van der Waals surface area contributed by atoms with Crippen LogP contribution in [0.3, 0.4) is 0 Å². The molecule has 0 aliphatic rings. The molecule has 0 aliphatic carbocycles. The van der Waals surface area contributed by atoms with Gasteiger partial charge in [0.1, 0.15) is 0 Å². The van der Waals surface area contributed by atoms with Gasteiger partial charge in [-0.3, -0.25) is 9.59 Å². The summed E-state index contributed by atoms with van der Waals surface area (Å²) in [7, 11) is 0. The summed E-state index contributed by atoms with van der Waals surface area (Å²) >= 11 is 5.53. The Balaban J connectivity index is 2.33. The topological polar surface area (TPSA) is 58.2 Å². The number of hydrogen-bond acceptors (Lipinski definition) is 2. The van der Waals surface area contributed by atoms with Gasteiger partial charge in [-0.1, -0.05) is 28.1 Å². The van der Waals surface area contributed by atoms with Crippen molar-refractivity contribution in [3.05, 3.63) is 55.6 Å². The lowest BCUT2D eigenvalue weighted by Crippen LogP contribution is -2.16. The van der Waals surface area contributed by atoms with Crippen LogP contribution in [0.1, 0.15) is 22.8 Å². The molecule has 0 unspecified atom stereocenters. The Morgan fingerprint density at radius 1 is 1.09 bits per heavy atom. The SMILES string of the molecule is CC(=O)Nc1ccc(Br)cc1NC(=O)c1cccc(C)c1I. The molecule has 6 heteroatoms. The van der Waals surface area contributed by atoms with E-state index in [0.29, 0.717) is 16.9 Å². The van der Waals surface area contributed by atoms with Gasteiger partial charge in [-0.2, -0.15) is 0 Å². The van der Waals surface area contributed by atoms with Gasteiger partial charge in [0.2, 0.25) is 5.91 Å². The second-order valence-electron chi connectivity index (χ2n) is 4.76. The van der Waals surface area contributed by atoms with Gasteiger partial charge in [0.05, 0.1) is 16.9 Å². The van der Waals surface area contributed by atoms with Crippen molar-refractivity contribution in [1.29, 1.82) is 0 Å². The minimum Gasteiger partial charge on any atom is -0.325 e. The molecule has 0 aromatic heterocycles. The summed E-state index contributed by atoms with van der Waals surface area (Å²) in [6, 6.07) is 10.9. The van der Waals surface area contributed by atoms with Crippen LogP contribution in [0.5, 0.6) is 0 Å². The third-order valence-electron chi connectivity index (χ3n) is 2.98. The number of amides is 2. The van der Waals surface area contributed by atoms with Gasteiger partial charge >= 0.3 is 0 Å². The first-order chi connectivity index (χ1) is 10.4. The first-order valence-corrected chi connectivity index (χ1v) is 8.39. The fourth-order valence-corrected chi connectivity index (χ4v) is 2.90. The second kappa shape index (κ2) is 7.23. The zero-order valence-electron chi connectivity index (χ0n) is 12.0. The van der Waals surface area contributed by atoms with Gasteiger partial charge < -0.3 is 10.6 Å². The monoisotopic (exact) mass is 472 g/mol. The predicted octanol–water partition coefficient (Wildman–Crippen LogP) is 4.57. The van der Waals surface area contributed by atoms with Crippen molar-refractivity contribution in [2.24, 2.45) is 0 Å². The van der Waals surface area contributed by atoms with Crippen LogP contribution in [-0.4, -0.2) is 11.8 Å². The highest BCUT2D eigenvalue weighted by atomic mass is 127. The quantitative estimate of drug-likeness (QED) is 0.642. The van der Waals surface area contributed by atoms with Crippen LogP contribution in [0.4, 0.5) is 11.4 Å². The summed E-state index contributed by atoms with van der Waals surface area (Å²) < 4.78 is 1.73. The van der Waals surface area contributed by atoms with E-state index < -0.39 is 0 Å². The number of anilines is 2. The van der Waals surface area contributed by atoms with Gasteiger partial charge in [-0.05, 0) is 59.3 Å². The molecule has 0 spiro atoms. The summed E-state index contributed by atoms with van der Waals surface area (Å²) in [4.78, 5) is 23.8. The number of carbonyl (C=O) groups is 2. The number of aryl methyl sites for hydroxylation is 1. The summed E-state index contributed by atoms with van der Waals surface area (Å²) in [5, 5.41) is 5.56. The molecular formula is C16H14BrIN2O2. The van der Waals surface area contributed by atoms with E-state index in [2.05, 4.69) is 49.2 Å². The minimum atomic E-state index is -0.210. The van der Waals surface area contributed by atoms with Crippen molar-refractivity contribution >= 4 is 61.7 Å². The Hall–Kier alpha value is -1.41. The van der Waals surface area contributed by atoms with Crippen LogP contribution in [-0.2, 0) is 4.79 Å². The van der Waals surface area contributed by atoms with Crippen LogP contribution in [0.15, 0.2) is 40.9 Å². The number of halogens is 2. The molecule has 2 aromatic rings. The fourth-order valence-electron chi connectivity index (χ4n) is 1.93. The molecular weight excluding hydrogens is 459 g/mol. The average Bonchev–Trinajstić information content (AvgIpc) is 2.44. The predicted molar refractivity (Wildman–Crippen MR) is 100 cm³/mol. The number of nitrogens with one attached hydrogen (secondary N) is 2. The fraction of sp³-hybridized carbons (Fsp3) is 0.125. The summed E-state index contributed by atoms with van der Waals surface area (Å²) in [6.45, 7) is 3.39. The second-order valence-corrected chi connectivity index (χ2v) is 6.76. The van der Waals surface area contributed by atoms with Crippen molar-refractivity contribution in [3.8, 4) is 0 Å². The van der Waals surface area contributed by atoms with Crippen LogP contribution < -0.4 is 10.6 Å². The third-order valence-corrected chi connectivity index (χ3v) is 4.90. The van der Waals surface area contributed by atoms with Crippen molar-refractivity contribution < 1.29 is 9.59 Å². The van der Waals surface area contributed by atoms with E-state index in [9.17, 15) is 9.59 Å². The maximum Gasteiger partial charge on any atom is 0.256 e. The van der Waals surface area contributed by atoms with E-state index in [4.69, 9.17) is 0 Å². The molecule has 0 fully saturated rings. The molecule has 0 atom stereocenters. The standard InChI is InChI=1S/C16H14BrIN2O2/c1-9-4-3-5-12(15(9)18)16(22)20-14-8-11(17)6-7-13(14)19-10(2)21/h3-8H,1-2H3,(H,19,21)(H,20,22). The van der Waals surface area contributed by atoms with Crippen LogP contribution in [0, 0.1) is 10.5 Å². The van der Waals surface area contributed by atoms with Crippen LogP contribution in [0.25, 0.3) is 0 Å². The van der Waals surface area contributed by atoms with Crippen LogP contribution in [0.2, 0.25) is 0 Å². The molecule has 0 saturated heterocycles. The van der Waals surface area contributed by atoms with Gasteiger partial charge in [0.25, 0.3) is 5.91 Å². The van der Waals surface area contributed by atoms with E-state index >= 15 is 0 Å². The molecule has 4 nitrogen and oxygen atoms in total. The van der Waals surface area contributed by atoms with E-state index in [0.717, 1.165) is 13.6 Å². The lowest BCUT2D eigenvalue weighted by Gasteiger charge is -2.13. The molecule has 0 aliphatic heterocycles. The summed E-state index contributed by atoms with van der Waals surface area (Å²) in [6.07, 6.45) is 0. The highest BCUT2D eigenvalue weighted by Crippen LogP contribution is 2.27. The zero-order valence-corrected chi connectivity index (χ0v) is 15.8. The Labute approximate surface area is 151 Å². The summed E-state index contributed by atoms with van der Waals surface area (Å²) in [5.74, 6) is -0.402. The van der Waals surface area contributed by atoms with Crippen molar-refractivity contribution in [3.63, 3.8) is 0 Å². The molecule has 2 N–H and O–H groups in total. The Bertz CT molecular complexity index is 747. The van der Waals surface area contributed by atoms with Gasteiger partial charge in [-0.25, -0.2) is 0 Å². The molecule has 22 heavy (non-hydrogen) atoms.